The van der Waals surface area contributed by atoms with Crippen molar-refractivity contribution >= 4 is 21.7 Å². The Morgan fingerprint density at radius 1 is 1.19 bits per heavy atom. The molecule has 1 aromatic rings. The van der Waals surface area contributed by atoms with Gasteiger partial charge in [-0.2, -0.15) is 0 Å². The fraction of sp³-hybridized carbons (Fsp3) is 0.500. The van der Waals surface area contributed by atoms with Gasteiger partial charge in [0.1, 0.15) is 5.78 Å². The van der Waals surface area contributed by atoms with E-state index in [2.05, 4.69) is 42.8 Å². The van der Waals surface area contributed by atoms with Crippen molar-refractivity contribution in [1.82, 2.24) is 0 Å². The molecule has 16 heavy (non-hydrogen) atoms. The van der Waals surface area contributed by atoms with Crippen LogP contribution in [0.1, 0.15) is 38.3 Å². The van der Waals surface area contributed by atoms with Gasteiger partial charge in [0.25, 0.3) is 0 Å². The molecule has 0 aromatic heterocycles. The van der Waals surface area contributed by atoms with Gasteiger partial charge in [-0.25, -0.2) is 0 Å². The molecule has 0 aliphatic rings. The fourth-order valence-electron chi connectivity index (χ4n) is 1.73. The summed E-state index contributed by atoms with van der Waals surface area (Å²) in [5.41, 5.74) is 2.44. The quantitative estimate of drug-likeness (QED) is 0.759. The van der Waals surface area contributed by atoms with Crippen LogP contribution in [-0.4, -0.2) is 5.78 Å². The number of carbonyl (C=O) groups is 1. The minimum absolute atomic E-state index is 0.0838. The van der Waals surface area contributed by atoms with Crippen LogP contribution in [0.25, 0.3) is 0 Å². The molecule has 1 nitrogen and oxygen atoms in total. The highest BCUT2D eigenvalue weighted by atomic mass is 79.9. The first kappa shape index (κ1) is 13.4. The van der Waals surface area contributed by atoms with Crippen molar-refractivity contribution in [3.63, 3.8) is 0 Å². The first-order valence-electron chi connectivity index (χ1n) is 5.57. The average molecular weight is 283 g/mol. The maximum Gasteiger partial charge on any atom is 0.137 e. The molecule has 0 aliphatic heterocycles. The van der Waals surface area contributed by atoms with E-state index in [9.17, 15) is 4.79 Å². The third kappa shape index (κ3) is 4.48. The van der Waals surface area contributed by atoms with Crippen LogP contribution < -0.4 is 0 Å². The van der Waals surface area contributed by atoms with Gasteiger partial charge in [-0.3, -0.25) is 4.79 Å². The van der Waals surface area contributed by atoms with E-state index in [1.807, 2.05) is 18.2 Å². The molecule has 0 bridgehead atoms. The highest BCUT2D eigenvalue weighted by Gasteiger charge is 2.16. The molecule has 0 radical (unpaired) electrons. The predicted molar refractivity (Wildman–Crippen MR) is 71.9 cm³/mol. The molecular weight excluding hydrogens is 264 g/mol. The Morgan fingerprint density at radius 3 is 2.25 bits per heavy atom. The van der Waals surface area contributed by atoms with Crippen molar-refractivity contribution in [2.24, 2.45) is 5.41 Å². The molecule has 0 spiro atoms. The zero-order chi connectivity index (χ0) is 12.2. The maximum absolute atomic E-state index is 11.9. The molecule has 0 saturated carbocycles. The normalized spacial score (nSPS) is 11.5. The number of alkyl halides is 1. The van der Waals surface area contributed by atoms with Crippen molar-refractivity contribution in [3.05, 3.63) is 35.4 Å². The average Bonchev–Trinajstić information content (AvgIpc) is 2.15. The molecule has 1 rings (SSSR count). The Kier molecular flexibility index (Phi) is 4.72. The Bertz CT molecular complexity index is 363. The molecule has 88 valence electrons. The molecule has 2 heteroatoms. The summed E-state index contributed by atoms with van der Waals surface area (Å²) in [6.07, 6.45) is 1.20. The summed E-state index contributed by atoms with van der Waals surface area (Å²) in [5.74, 6) is 0.320. The van der Waals surface area contributed by atoms with Crippen LogP contribution >= 0.6 is 15.9 Å². The summed E-state index contributed by atoms with van der Waals surface area (Å²) >= 11 is 3.45. The topological polar surface area (TPSA) is 17.1 Å². The van der Waals surface area contributed by atoms with Gasteiger partial charge in [0.05, 0.1) is 0 Å². The van der Waals surface area contributed by atoms with Crippen LogP contribution in [0.2, 0.25) is 0 Å². The largest absolute Gasteiger partial charge is 0.299 e. The minimum atomic E-state index is 0.0838. The lowest BCUT2D eigenvalue weighted by Gasteiger charge is -2.17. The SMILES string of the molecule is CC(C)(C)CC(=O)Cc1ccccc1CBr. The van der Waals surface area contributed by atoms with Crippen LogP contribution in [0.5, 0.6) is 0 Å². The third-order valence-electron chi connectivity index (χ3n) is 2.38. The molecule has 0 saturated heterocycles. The number of halogens is 1. The number of rotatable bonds is 4. The predicted octanol–water partition coefficient (Wildman–Crippen LogP) is 4.13. The van der Waals surface area contributed by atoms with E-state index in [0.29, 0.717) is 18.6 Å². The van der Waals surface area contributed by atoms with E-state index in [-0.39, 0.29) is 5.41 Å². The van der Waals surface area contributed by atoms with Gasteiger partial charge in [0.15, 0.2) is 0 Å². The van der Waals surface area contributed by atoms with E-state index in [1.165, 1.54) is 5.56 Å². The molecule has 0 aliphatic carbocycles. The Hall–Kier alpha value is -0.630. The van der Waals surface area contributed by atoms with Crippen molar-refractivity contribution < 1.29 is 4.79 Å². The third-order valence-corrected chi connectivity index (χ3v) is 2.98. The van der Waals surface area contributed by atoms with Gasteiger partial charge in [-0.1, -0.05) is 61.0 Å². The first-order chi connectivity index (χ1) is 7.42. The molecule has 0 amide bonds. The summed E-state index contributed by atoms with van der Waals surface area (Å²) in [4.78, 5) is 11.9. The smallest absolute Gasteiger partial charge is 0.137 e. The van der Waals surface area contributed by atoms with E-state index in [1.54, 1.807) is 0 Å². The summed E-state index contributed by atoms with van der Waals surface area (Å²) in [6, 6.07) is 8.10. The zero-order valence-corrected chi connectivity index (χ0v) is 11.8. The van der Waals surface area contributed by atoms with Crippen LogP contribution in [0.3, 0.4) is 0 Å². The van der Waals surface area contributed by atoms with E-state index in [4.69, 9.17) is 0 Å². The van der Waals surface area contributed by atoms with Gasteiger partial charge in [0.2, 0.25) is 0 Å². The van der Waals surface area contributed by atoms with Crippen LogP contribution in [0, 0.1) is 5.41 Å². The van der Waals surface area contributed by atoms with Crippen molar-refractivity contribution in [3.8, 4) is 0 Å². The second-order valence-corrected chi connectivity index (χ2v) is 5.92. The lowest BCUT2D eigenvalue weighted by atomic mass is 9.87. The van der Waals surface area contributed by atoms with Gasteiger partial charge in [0, 0.05) is 18.2 Å². The number of benzene rings is 1. The molecular formula is C14H19BrO. The molecule has 0 unspecified atom stereocenters. The lowest BCUT2D eigenvalue weighted by molar-refractivity contribution is -0.120. The summed E-state index contributed by atoms with van der Waals surface area (Å²) in [7, 11) is 0. The monoisotopic (exact) mass is 282 g/mol. The van der Waals surface area contributed by atoms with Crippen LogP contribution in [0.15, 0.2) is 24.3 Å². The summed E-state index contributed by atoms with van der Waals surface area (Å²) < 4.78 is 0. The van der Waals surface area contributed by atoms with E-state index < -0.39 is 0 Å². The number of ketones is 1. The minimum Gasteiger partial charge on any atom is -0.299 e. The Labute approximate surface area is 106 Å². The van der Waals surface area contributed by atoms with Crippen LogP contribution in [-0.2, 0) is 16.5 Å². The number of carbonyl (C=O) groups excluding carboxylic acids is 1. The number of hydrogen-bond donors (Lipinski definition) is 0. The van der Waals surface area contributed by atoms with Gasteiger partial charge >= 0.3 is 0 Å². The van der Waals surface area contributed by atoms with Crippen molar-refractivity contribution in [2.75, 3.05) is 0 Å². The summed E-state index contributed by atoms with van der Waals surface area (Å²) in [5, 5.41) is 0.811. The number of Topliss-reactive ketones (excluding diaryl/α,β-unsaturated/α-hetero) is 1. The lowest BCUT2D eigenvalue weighted by Crippen LogP contribution is -2.15. The zero-order valence-electron chi connectivity index (χ0n) is 10.2. The van der Waals surface area contributed by atoms with Crippen molar-refractivity contribution in [2.45, 2.75) is 38.9 Å². The maximum atomic E-state index is 11.9. The van der Waals surface area contributed by atoms with E-state index in [0.717, 1.165) is 10.9 Å². The highest BCUT2D eigenvalue weighted by molar-refractivity contribution is 9.08. The van der Waals surface area contributed by atoms with Gasteiger partial charge < -0.3 is 0 Å². The standard InChI is InChI=1S/C14H19BrO/c1-14(2,3)9-13(16)8-11-6-4-5-7-12(11)10-15/h4-7H,8-10H2,1-3H3. The van der Waals surface area contributed by atoms with E-state index >= 15 is 0 Å². The molecule has 0 fully saturated rings. The molecule has 0 atom stereocenters. The van der Waals surface area contributed by atoms with Gasteiger partial charge in [-0.05, 0) is 16.5 Å². The fourth-order valence-corrected chi connectivity index (χ4v) is 2.27. The Morgan fingerprint density at radius 2 is 1.75 bits per heavy atom. The highest BCUT2D eigenvalue weighted by Crippen LogP contribution is 2.21. The van der Waals surface area contributed by atoms with Crippen LogP contribution in [0.4, 0.5) is 0 Å². The summed E-state index contributed by atoms with van der Waals surface area (Å²) in [6.45, 7) is 6.30. The second-order valence-electron chi connectivity index (χ2n) is 5.36. The van der Waals surface area contributed by atoms with Gasteiger partial charge in [-0.15, -0.1) is 0 Å². The Balaban J connectivity index is 2.70. The second kappa shape index (κ2) is 5.62. The molecule has 0 N–H and O–H groups in total. The number of hydrogen-bond acceptors (Lipinski definition) is 1. The van der Waals surface area contributed by atoms with Crippen molar-refractivity contribution in [1.29, 1.82) is 0 Å². The molecule has 1 aromatic carbocycles. The molecule has 0 heterocycles. The first-order valence-corrected chi connectivity index (χ1v) is 6.69.